The standard InChI is InChI=1S/C25H24N2O10/c1-24(36)12-5-13-18(27(2)3)20(32)16(23(26)35)22(34)25(13,37)21(33)15(12)19(31)14-10(7-29)4-9(6-28)11(8-30)17(14)24/h4,6-8,12-13,18,31,34,36-37H,5H2,1-3H3,(H2,26,35)/t12-,13-,18-,24-,25-/m0/s1. The molecule has 6 N–H and O–H groups in total. The van der Waals surface area contributed by atoms with Crippen LogP contribution in [0.5, 0.6) is 0 Å². The lowest BCUT2D eigenvalue weighted by atomic mass is 9.54. The minimum absolute atomic E-state index is 0.239. The Labute approximate surface area is 209 Å². The third kappa shape index (κ3) is 3.12. The predicted molar refractivity (Wildman–Crippen MR) is 125 cm³/mol. The summed E-state index contributed by atoms with van der Waals surface area (Å²) in [6.45, 7) is 1.20. The van der Waals surface area contributed by atoms with Gasteiger partial charge in [0.25, 0.3) is 5.91 Å². The summed E-state index contributed by atoms with van der Waals surface area (Å²) >= 11 is 0. The Morgan fingerprint density at radius 3 is 2.16 bits per heavy atom. The summed E-state index contributed by atoms with van der Waals surface area (Å²) in [5.74, 6) is -8.59. The van der Waals surface area contributed by atoms with Crippen LogP contribution >= 0.6 is 0 Å². The lowest BCUT2D eigenvalue weighted by Gasteiger charge is -2.53. The van der Waals surface area contributed by atoms with Crippen molar-refractivity contribution >= 4 is 42.1 Å². The molecule has 1 fully saturated rings. The van der Waals surface area contributed by atoms with Gasteiger partial charge in [-0.3, -0.25) is 33.7 Å². The van der Waals surface area contributed by atoms with Crippen LogP contribution in [0.15, 0.2) is 23.0 Å². The maximum atomic E-state index is 13.9. The zero-order chi connectivity index (χ0) is 27.8. The van der Waals surface area contributed by atoms with Crippen LogP contribution in [0, 0.1) is 11.8 Å². The van der Waals surface area contributed by atoms with Gasteiger partial charge in [-0.2, -0.15) is 0 Å². The monoisotopic (exact) mass is 512 g/mol. The number of nitrogens with zero attached hydrogens (tertiary/aromatic N) is 1. The van der Waals surface area contributed by atoms with Crippen molar-refractivity contribution < 1.29 is 49.2 Å². The molecule has 0 aromatic heterocycles. The van der Waals surface area contributed by atoms with Crippen LogP contribution in [-0.4, -0.2) is 87.4 Å². The van der Waals surface area contributed by atoms with Crippen molar-refractivity contribution in [1.29, 1.82) is 0 Å². The van der Waals surface area contributed by atoms with Crippen molar-refractivity contribution in [2.75, 3.05) is 14.1 Å². The minimum Gasteiger partial charge on any atom is -0.508 e. The van der Waals surface area contributed by atoms with E-state index in [2.05, 4.69) is 0 Å². The highest BCUT2D eigenvalue weighted by Crippen LogP contribution is 2.57. The summed E-state index contributed by atoms with van der Waals surface area (Å²) < 4.78 is 0. The van der Waals surface area contributed by atoms with Gasteiger partial charge in [0.2, 0.25) is 5.78 Å². The summed E-state index contributed by atoms with van der Waals surface area (Å²) in [6, 6.07) is -0.351. The van der Waals surface area contributed by atoms with Crippen LogP contribution in [0.1, 0.15) is 55.5 Å². The van der Waals surface area contributed by atoms with Crippen molar-refractivity contribution in [3.63, 3.8) is 0 Å². The van der Waals surface area contributed by atoms with Gasteiger partial charge in [0, 0.05) is 45.2 Å². The van der Waals surface area contributed by atoms with Crippen molar-refractivity contribution in [1.82, 2.24) is 4.90 Å². The van der Waals surface area contributed by atoms with Gasteiger partial charge in [-0.1, -0.05) is 0 Å². The maximum Gasteiger partial charge on any atom is 0.255 e. The number of aldehydes is 3. The molecule has 1 aromatic rings. The Balaban J connectivity index is 2.13. The van der Waals surface area contributed by atoms with E-state index in [1.54, 1.807) is 0 Å². The second-order valence-corrected chi connectivity index (χ2v) is 9.83. The van der Waals surface area contributed by atoms with E-state index in [9.17, 15) is 49.2 Å². The third-order valence-electron chi connectivity index (χ3n) is 7.74. The molecule has 0 bridgehead atoms. The summed E-state index contributed by atoms with van der Waals surface area (Å²) in [5, 5.41) is 45.5. The molecule has 1 aromatic carbocycles. The molecule has 1 saturated carbocycles. The summed E-state index contributed by atoms with van der Waals surface area (Å²) in [4.78, 5) is 75.9. The number of primary amides is 1. The second kappa shape index (κ2) is 8.26. The smallest absolute Gasteiger partial charge is 0.255 e. The molecule has 37 heavy (non-hydrogen) atoms. The molecule has 0 aliphatic heterocycles. The van der Waals surface area contributed by atoms with Gasteiger partial charge < -0.3 is 26.2 Å². The number of carbonyl (C=O) groups excluding carboxylic acids is 6. The van der Waals surface area contributed by atoms with E-state index in [-0.39, 0.29) is 34.8 Å². The molecule has 3 aliphatic rings. The van der Waals surface area contributed by atoms with Gasteiger partial charge in [-0.05, 0) is 33.5 Å². The molecule has 3 aliphatic carbocycles. The summed E-state index contributed by atoms with van der Waals surface area (Å²) in [7, 11) is 2.87. The summed E-state index contributed by atoms with van der Waals surface area (Å²) in [5.41, 5.74) is -2.90. The first kappa shape index (κ1) is 26.1. The molecular weight excluding hydrogens is 488 g/mol. The van der Waals surface area contributed by atoms with Crippen molar-refractivity contribution in [3.8, 4) is 0 Å². The van der Waals surface area contributed by atoms with E-state index in [1.165, 1.54) is 25.9 Å². The number of benzene rings is 1. The Bertz CT molecular complexity index is 1390. The number of hydrogen-bond donors (Lipinski definition) is 5. The zero-order valence-electron chi connectivity index (χ0n) is 20.0. The van der Waals surface area contributed by atoms with Gasteiger partial charge in [-0.15, -0.1) is 0 Å². The zero-order valence-corrected chi connectivity index (χ0v) is 20.0. The van der Waals surface area contributed by atoms with E-state index in [4.69, 9.17) is 5.73 Å². The summed E-state index contributed by atoms with van der Waals surface area (Å²) in [6.07, 6.45) is 0.413. The first-order chi connectivity index (χ1) is 17.2. The van der Waals surface area contributed by atoms with Crippen LogP contribution in [0.4, 0.5) is 0 Å². The molecular formula is C25H24N2O10. The van der Waals surface area contributed by atoms with E-state index < -0.39 is 81.2 Å². The highest BCUT2D eigenvalue weighted by molar-refractivity contribution is 6.24. The predicted octanol–water partition coefficient (Wildman–Crippen LogP) is -0.639. The quantitative estimate of drug-likeness (QED) is 0.247. The molecule has 12 heteroatoms. The SMILES string of the molecule is CN(C)[C@@H]1C(=O)C(C(N)=O)=C(O)[C@@]2(O)C(=O)C3=C(O)c4c(C=O)cc(C=O)c(C=O)c4[C@@](C)(O)[C@H]3C[C@@H]12. The lowest BCUT2D eigenvalue weighted by Crippen LogP contribution is -2.67. The average Bonchev–Trinajstić information content (AvgIpc) is 2.82. The first-order valence-corrected chi connectivity index (χ1v) is 11.2. The highest BCUT2D eigenvalue weighted by atomic mass is 16.3. The number of aliphatic hydroxyl groups is 4. The number of Topliss-reactive ketones (excluding diaryl/α,β-unsaturated/α-hetero) is 2. The molecule has 1 amide bonds. The number of carbonyl (C=O) groups is 6. The number of amides is 1. The van der Waals surface area contributed by atoms with E-state index in [0.29, 0.717) is 6.29 Å². The van der Waals surface area contributed by atoms with E-state index in [0.717, 1.165) is 6.07 Å². The Hall–Kier alpha value is -4.00. The third-order valence-corrected chi connectivity index (χ3v) is 7.74. The molecule has 0 saturated heterocycles. The average molecular weight is 512 g/mol. The van der Waals surface area contributed by atoms with Gasteiger partial charge in [0.15, 0.2) is 30.2 Å². The lowest BCUT2D eigenvalue weighted by molar-refractivity contribution is -0.159. The number of hydrogen-bond acceptors (Lipinski definition) is 11. The van der Waals surface area contributed by atoms with Crippen LogP contribution in [0.25, 0.3) is 5.76 Å². The number of ketones is 2. The second-order valence-electron chi connectivity index (χ2n) is 9.83. The highest BCUT2D eigenvalue weighted by Gasteiger charge is 2.66. The fourth-order valence-electron chi connectivity index (χ4n) is 6.12. The molecule has 0 spiro atoms. The van der Waals surface area contributed by atoms with E-state index in [1.807, 2.05) is 0 Å². The molecule has 4 rings (SSSR count). The first-order valence-electron chi connectivity index (χ1n) is 11.2. The fraction of sp³-hybridized carbons (Fsp3) is 0.360. The number of aliphatic hydroxyl groups excluding tert-OH is 2. The fourth-order valence-corrected chi connectivity index (χ4v) is 6.12. The van der Waals surface area contributed by atoms with Gasteiger partial charge in [-0.25, -0.2) is 0 Å². The van der Waals surface area contributed by atoms with Crippen LogP contribution < -0.4 is 5.73 Å². The minimum atomic E-state index is -2.89. The molecule has 5 atom stereocenters. The number of rotatable bonds is 5. The number of likely N-dealkylation sites (N-methyl/N-ethyl adjacent to an activating group) is 1. The molecule has 0 radical (unpaired) electrons. The number of fused-ring (bicyclic) bond motifs is 3. The molecule has 194 valence electrons. The van der Waals surface area contributed by atoms with Gasteiger partial charge in [0.1, 0.15) is 17.1 Å². The molecule has 0 unspecified atom stereocenters. The van der Waals surface area contributed by atoms with E-state index >= 15 is 0 Å². The van der Waals surface area contributed by atoms with Crippen molar-refractivity contribution in [3.05, 3.63) is 50.8 Å². The topological polar surface area (TPSA) is 213 Å². The van der Waals surface area contributed by atoms with Crippen LogP contribution in [0.3, 0.4) is 0 Å². The van der Waals surface area contributed by atoms with Crippen LogP contribution in [-0.2, 0) is 20.0 Å². The Morgan fingerprint density at radius 2 is 1.68 bits per heavy atom. The number of nitrogens with two attached hydrogens (primary N) is 1. The molecule has 12 nitrogen and oxygen atoms in total. The van der Waals surface area contributed by atoms with Crippen LogP contribution in [0.2, 0.25) is 0 Å². The van der Waals surface area contributed by atoms with Crippen molar-refractivity contribution in [2.45, 2.75) is 30.6 Å². The largest absolute Gasteiger partial charge is 0.508 e. The maximum absolute atomic E-state index is 13.9. The van der Waals surface area contributed by atoms with Gasteiger partial charge >= 0.3 is 0 Å². The normalized spacial score (nSPS) is 31.0. The Morgan fingerprint density at radius 1 is 1.08 bits per heavy atom. The van der Waals surface area contributed by atoms with Gasteiger partial charge in [0.05, 0.1) is 11.6 Å². The Kier molecular flexibility index (Phi) is 5.82. The van der Waals surface area contributed by atoms with Crippen molar-refractivity contribution in [2.24, 2.45) is 17.6 Å². The molecule has 0 heterocycles.